The quantitative estimate of drug-likeness (QED) is 0.898. The Hall–Kier alpha value is -2.37. The molecule has 0 atom stereocenters. The molecule has 1 heterocycles. The van der Waals surface area contributed by atoms with Gasteiger partial charge in [0.1, 0.15) is 5.82 Å². The minimum absolute atomic E-state index is 0.0353. The first kappa shape index (κ1) is 14.0. The summed E-state index contributed by atoms with van der Waals surface area (Å²) < 4.78 is 14.4. The van der Waals surface area contributed by atoms with Crippen LogP contribution in [0.5, 0.6) is 0 Å². The van der Waals surface area contributed by atoms with Crippen molar-refractivity contribution in [1.29, 1.82) is 0 Å². The van der Waals surface area contributed by atoms with Gasteiger partial charge < -0.3 is 5.11 Å². The predicted molar refractivity (Wildman–Crippen MR) is 71.8 cm³/mol. The second-order valence-electron chi connectivity index (χ2n) is 4.85. The minimum atomic E-state index is -1.07. The van der Waals surface area contributed by atoms with Gasteiger partial charge in [0, 0.05) is 5.69 Å². The molecular weight excluding hydrogens is 263 g/mol. The number of nitrogens with one attached hydrogen (secondary N) is 1. The summed E-state index contributed by atoms with van der Waals surface area (Å²) in [6.45, 7) is 3.71. The van der Waals surface area contributed by atoms with Crippen LogP contribution in [0.1, 0.15) is 31.0 Å². The van der Waals surface area contributed by atoms with E-state index in [4.69, 9.17) is 5.11 Å². The van der Waals surface area contributed by atoms with Gasteiger partial charge in [-0.1, -0.05) is 19.9 Å². The fourth-order valence-corrected chi connectivity index (χ4v) is 2.09. The molecule has 0 aliphatic rings. The van der Waals surface area contributed by atoms with Crippen LogP contribution in [0, 0.1) is 5.82 Å². The van der Waals surface area contributed by atoms with Gasteiger partial charge >= 0.3 is 5.97 Å². The van der Waals surface area contributed by atoms with Gasteiger partial charge in [0.25, 0.3) is 5.56 Å². The second-order valence-corrected chi connectivity index (χ2v) is 4.85. The molecule has 0 saturated carbocycles. The summed E-state index contributed by atoms with van der Waals surface area (Å²) in [6, 6.07) is 5.56. The number of carbonyl (C=O) groups is 1. The topological polar surface area (TPSA) is 75.1 Å². The van der Waals surface area contributed by atoms with E-state index < -0.39 is 17.3 Å². The standard InChI is InChI=1S/C14H15FN2O3/c1-8(2)13-11(7-12(18)19)14(20)17(16-13)10-5-3-4-9(15)6-10/h3-6,8,16H,7H2,1-2H3,(H,18,19). The van der Waals surface area contributed by atoms with Crippen molar-refractivity contribution in [3.63, 3.8) is 0 Å². The number of rotatable bonds is 4. The van der Waals surface area contributed by atoms with Crippen LogP contribution < -0.4 is 5.56 Å². The van der Waals surface area contributed by atoms with Crippen molar-refractivity contribution in [2.45, 2.75) is 26.2 Å². The Morgan fingerprint density at radius 1 is 1.45 bits per heavy atom. The molecule has 0 bridgehead atoms. The molecule has 2 rings (SSSR count). The Morgan fingerprint density at radius 2 is 2.15 bits per heavy atom. The molecule has 6 heteroatoms. The van der Waals surface area contributed by atoms with E-state index in [9.17, 15) is 14.0 Å². The smallest absolute Gasteiger partial charge is 0.308 e. The maximum atomic E-state index is 13.2. The fraction of sp³-hybridized carbons (Fsp3) is 0.286. The number of aliphatic carboxylic acids is 1. The molecule has 0 aliphatic carbocycles. The molecule has 2 N–H and O–H groups in total. The summed E-state index contributed by atoms with van der Waals surface area (Å²) in [5.41, 5.74) is 0.647. The lowest BCUT2D eigenvalue weighted by Crippen LogP contribution is -2.19. The zero-order valence-corrected chi connectivity index (χ0v) is 11.2. The Labute approximate surface area is 114 Å². The summed E-state index contributed by atoms with van der Waals surface area (Å²) in [7, 11) is 0. The highest BCUT2D eigenvalue weighted by molar-refractivity contribution is 5.70. The Bertz CT molecular complexity index is 701. The van der Waals surface area contributed by atoms with E-state index in [-0.39, 0.29) is 17.9 Å². The number of hydrogen-bond acceptors (Lipinski definition) is 2. The van der Waals surface area contributed by atoms with Crippen LogP contribution in [-0.2, 0) is 11.2 Å². The number of carboxylic acid groups (broad SMARTS) is 1. The van der Waals surface area contributed by atoms with Gasteiger partial charge in [-0.25, -0.2) is 9.07 Å². The third-order valence-corrected chi connectivity index (χ3v) is 2.99. The molecule has 0 unspecified atom stereocenters. The van der Waals surface area contributed by atoms with Crippen molar-refractivity contribution in [3.8, 4) is 5.69 Å². The van der Waals surface area contributed by atoms with Gasteiger partial charge in [0.15, 0.2) is 0 Å². The first-order valence-corrected chi connectivity index (χ1v) is 6.21. The zero-order valence-electron chi connectivity index (χ0n) is 11.2. The van der Waals surface area contributed by atoms with Crippen molar-refractivity contribution in [2.24, 2.45) is 0 Å². The summed E-state index contributed by atoms with van der Waals surface area (Å²) in [5, 5.41) is 11.8. The molecule has 20 heavy (non-hydrogen) atoms. The summed E-state index contributed by atoms with van der Waals surface area (Å²) in [5.74, 6) is -1.57. The minimum Gasteiger partial charge on any atom is -0.481 e. The van der Waals surface area contributed by atoms with E-state index in [0.717, 1.165) is 0 Å². The molecule has 5 nitrogen and oxygen atoms in total. The van der Waals surface area contributed by atoms with E-state index in [2.05, 4.69) is 5.10 Å². The van der Waals surface area contributed by atoms with E-state index in [0.29, 0.717) is 11.4 Å². The highest BCUT2D eigenvalue weighted by atomic mass is 19.1. The molecule has 0 radical (unpaired) electrons. The fourth-order valence-electron chi connectivity index (χ4n) is 2.09. The number of aromatic amines is 1. The highest BCUT2D eigenvalue weighted by Crippen LogP contribution is 2.17. The summed E-state index contributed by atoms with van der Waals surface area (Å²) in [4.78, 5) is 23.2. The van der Waals surface area contributed by atoms with Gasteiger partial charge in [-0.05, 0) is 24.1 Å². The van der Waals surface area contributed by atoms with Gasteiger partial charge in [-0.3, -0.25) is 14.7 Å². The van der Waals surface area contributed by atoms with Gasteiger partial charge in [0.05, 0.1) is 17.7 Å². The lowest BCUT2D eigenvalue weighted by atomic mass is 10.0. The normalized spacial score (nSPS) is 11.0. The average Bonchev–Trinajstić information content (AvgIpc) is 2.67. The summed E-state index contributed by atoms with van der Waals surface area (Å²) >= 11 is 0. The van der Waals surface area contributed by atoms with Crippen molar-refractivity contribution in [1.82, 2.24) is 9.78 Å². The van der Waals surface area contributed by atoms with E-state index in [1.54, 1.807) is 6.07 Å². The SMILES string of the molecule is CC(C)c1[nH]n(-c2cccc(F)c2)c(=O)c1CC(=O)O. The van der Waals surface area contributed by atoms with Crippen molar-refractivity contribution >= 4 is 5.97 Å². The largest absolute Gasteiger partial charge is 0.481 e. The first-order valence-electron chi connectivity index (χ1n) is 6.21. The number of hydrogen-bond donors (Lipinski definition) is 2. The molecule has 2 aromatic rings. The zero-order chi connectivity index (χ0) is 14.9. The van der Waals surface area contributed by atoms with E-state index in [1.807, 2.05) is 13.8 Å². The Kier molecular flexibility index (Phi) is 3.74. The first-order chi connectivity index (χ1) is 9.40. The lowest BCUT2D eigenvalue weighted by Gasteiger charge is -2.04. The van der Waals surface area contributed by atoms with E-state index in [1.165, 1.54) is 22.9 Å². The molecule has 0 amide bonds. The number of halogens is 1. The van der Waals surface area contributed by atoms with Gasteiger partial charge in [0.2, 0.25) is 0 Å². The third kappa shape index (κ3) is 2.64. The van der Waals surface area contributed by atoms with Crippen molar-refractivity contribution in [2.75, 3.05) is 0 Å². The van der Waals surface area contributed by atoms with Crippen LogP contribution >= 0.6 is 0 Å². The van der Waals surface area contributed by atoms with Crippen LogP contribution in [0.15, 0.2) is 29.1 Å². The maximum absolute atomic E-state index is 13.2. The van der Waals surface area contributed by atoms with Crippen LogP contribution in [0.3, 0.4) is 0 Å². The van der Waals surface area contributed by atoms with Crippen molar-refractivity contribution < 1.29 is 14.3 Å². The molecule has 106 valence electrons. The maximum Gasteiger partial charge on any atom is 0.308 e. The van der Waals surface area contributed by atoms with Gasteiger partial charge in [-0.2, -0.15) is 0 Å². The average molecular weight is 278 g/mol. The van der Waals surface area contributed by atoms with E-state index >= 15 is 0 Å². The van der Waals surface area contributed by atoms with Crippen LogP contribution in [0.2, 0.25) is 0 Å². The van der Waals surface area contributed by atoms with Crippen molar-refractivity contribution in [3.05, 3.63) is 51.7 Å². The molecule has 0 spiro atoms. The number of aromatic nitrogens is 2. The second kappa shape index (κ2) is 5.32. The highest BCUT2D eigenvalue weighted by Gasteiger charge is 2.19. The van der Waals surface area contributed by atoms with Crippen LogP contribution in [0.25, 0.3) is 5.69 Å². The lowest BCUT2D eigenvalue weighted by molar-refractivity contribution is -0.136. The number of carboxylic acids is 1. The predicted octanol–water partition coefficient (Wildman–Crippen LogP) is 2.06. The monoisotopic (exact) mass is 278 g/mol. The number of benzene rings is 1. The van der Waals surface area contributed by atoms with Gasteiger partial charge in [-0.15, -0.1) is 0 Å². The molecule has 0 saturated heterocycles. The third-order valence-electron chi connectivity index (χ3n) is 2.99. The number of H-pyrrole nitrogens is 1. The molecule has 0 fully saturated rings. The van der Waals surface area contributed by atoms with Crippen LogP contribution in [0.4, 0.5) is 4.39 Å². The Morgan fingerprint density at radius 3 is 2.70 bits per heavy atom. The van der Waals surface area contributed by atoms with Crippen LogP contribution in [-0.4, -0.2) is 20.9 Å². The Balaban J connectivity index is 2.61. The molecule has 0 aliphatic heterocycles. The molecule has 1 aromatic heterocycles. The number of nitrogens with zero attached hydrogens (tertiary/aromatic N) is 1. The molecular formula is C14H15FN2O3. The molecule has 1 aromatic carbocycles. The summed E-state index contributed by atoms with van der Waals surface area (Å²) in [6.07, 6.45) is -0.356.